The number of methoxy groups -OCH3 is 2. The van der Waals surface area contributed by atoms with Gasteiger partial charge in [0.15, 0.2) is 0 Å². The zero-order valence-electron chi connectivity index (χ0n) is 16.1. The van der Waals surface area contributed by atoms with Crippen molar-refractivity contribution in [3.05, 3.63) is 123 Å². The van der Waals surface area contributed by atoms with E-state index >= 15 is 0 Å². The zero-order chi connectivity index (χ0) is 18.9. The van der Waals surface area contributed by atoms with Crippen molar-refractivity contribution in [3.8, 4) is 11.5 Å². The topological polar surface area (TPSA) is 18.5 Å². The third kappa shape index (κ3) is 6.29. The molecule has 1 atom stereocenters. The van der Waals surface area contributed by atoms with Crippen molar-refractivity contribution >= 4 is 0 Å². The Labute approximate surface area is 181 Å². The Bertz CT molecular complexity index is 666. The fourth-order valence-corrected chi connectivity index (χ4v) is 3.10. The number of hydrogen-bond acceptors (Lipinski definition) is 2. The average molecular weight is 412 g/mol. The van der Waals surface area contributed by atoms with Crippen LogP contribution in [0.1, 0.15) is 17.0 Å². The van der Waals surface area contributed by atoms with Gasteiger partial charge >= 0.3 is 17.1 Å². The van der Waals surface area contributed by atoms with Crippen molar-refractivity contribution in [1.29, 1.82) is 0 Å². The summed E-state index contributed by atoms with van der Waals surface area (Å²) in [4.78, 5) is 0. The standard InChI is InChI=1S/C20H19O2.C5H5.Fe/c1-21-18-12-10-16(11-13-18)20(15-6-3-4-7-15)17-8-5-9-19(14-17)22-2;1-2-4-5-3-1;/h3-14,20H,1-2H3;1-5H;/q;;+2. The van der Waals surface area contributed by atoms with Gasteiger partial charge in [-0.3, -0.25) is 0 Å². The molecule has 0 aromatic heterocycles. The van der Waals surface area contributed by atoms with E-state index in [1.54, 1.807) is 14.2 Å². The van der Waals surface area contributed by atoms with E-state index < -0.39 is 0 Å². The molecule has 0 spiro atoms. The maximum Gasteiger partial charge on any atom is 2.00 e. The number of ether oxygens (including phenoxy) is 2. The van der Waals surface area contributed by atoms with Crippen LogP contribution in [0, 0.1) is 63.7 Å². The molecule has 0 heterocycles. The second-order valence-electron chi connectivity index (χ2n) is 6.16. The van der Waals surface area contributed by atoms with Crippen LogP contribution in [0.25, 0.3) is 0 Å². The van der Waals surface area contributed by atoms with Gasteiger partial charge < -0.3 is 9.47 Å². The molecule has 0 bridgehead atoms. The maximum atomic E-state index is 5.37. The average Bonchev–Trinajstić information content (AvgIpc) is 3.46. The van der Waals surface area contributed by atoms with Gasteiger partial charge in [0.05, 0.1) is 14.2 Å². The third-order valence-electron chi connectivity index (χ3n) is 4.45. The summed E-state index contributed by atoms with van der Waals surface area (Å²) in [6.45, 7) is 0. The molecule has 2 aromatic rings. The van der Waals surface area contributed by atoms with Crippen LogP contribution < -0.4 is 9.47 Å². The van der Waals surface area contributed by atoms with Crippen LogP contribution in [0.15, 0.2) is 48.5 Å². The van der Waals surface area contributed by atoms with Crippen LogP contribution in [0.3, 0.4) is 0 Å². The second kappa shape index (κ2) is 12.2. The molecule has 0 aliphatic heterocycles. The number of benzene rings is 2. The Balaban J connectivity index is 0.000000408. The molecule has 4 rings (SSSR count). The Morgan fingerprint density at radius 3 is 1.71 bits per heavy atom. The van der Waals surface area contributed by atoms with Gasteiger partial charge in [-0.25, -0.2) is 0 Å². The van der Waals surface area contributed by atoms with Crippen molar-refractivity contribution in [3.63, 3.8) is 0 Å². The fraction of sp³-hybridized carbons (Fsp3) is 0.120. The van der Waals surface area contributed by atoms with E-state index in [-0.39, 0.29) is 23.0 Å². The Morgan fingerprint density at radius 2 is 1.18 bits per heavy atom. The van der Waals surface area contributed by atoms with Crippen LogP contribution in [-0.2, 0) is 17.1 Å². The van der Waals surface area contributed by atoms with Crippen molar-refractivity contribution in [2.75, 3.05) is 14.2 Å². The van der Waals surface area contributed by atoms with Crippen molar-refractivity contribution < 1.29 is 26.5 Å². The predicted molar refractivity (Wildman–Crippen MR) is 110 cm³/mol. The third-order valence-corrected chi connectivity index (χ3v) is 4.45. The molecule has 0 N–H and O–H groups in total. The fourth-order valence-electron chi connectivity index (χ4n) is 3.10. The summed E-state index contributed by atoms with van der Waals surface area (Å²) in [6.07, 6.45) is 18.5. The Kier molecular flexibility index (Phi) is 9.95. The Morgan fingerprint density at radius 1 is 0.607 bits per heavy atom. The first-order valence-electron chi connectivity index (χ1n) is 8.98. The van der Waals surface area contributed by atoms with Gasteiger partial charge in [0.1, 0.15) is 11.5 Å². The van der Waals surface area contributed by atoms with E-state index in [9.17, 15) is 0 Å². The molecule has 3 heteroatoms. The van der Waals surface area contributed by atoms with Crippen LogP contribution in [0.5, 0.6) is 11.5 Å². The van der Waals surface area contributed by atoms with Gasteiger partial charge in [0.25, 0.3) is 0 Å². The molecule has 2 aliphatic carbocycles. The van der Waals surface area contributed by atoms with E-state index in [4.69, 9.17) is 9.47 Å². The number of hydrogen-bond donors (Lipinski definition) is 0. The smallest absolute Gasteiger partial charge is 0.497 e. The molecule has 142 valence electrons. The van der Waals surface area contributed by atoms with E-state index in [1.807, 2.05) is 56.4 Å². The summed E-state index contributed by atoms with van der Waals surface area (Å²) < 4.78 is 10.6. The van der Waals surface area contributed by atoms with Crippen molar-refractivity contribution in [1.82, 2.24) is 0 Å². The van der Waals surface area contributed by atoms with Gasteiger partial charge in [-0.15, -0.1) is 0 Å². The summed E-state index contributed by atoms with van der Waals surface area (Å²) in [5.41, 5.74) is 2.45. The minimum atomic E-state index is 0. The SMILES string of the molecule is COc1ccc(C([C]2[CH][CH][CH][CH]2)c2cccc(OC)c2)cc1.[CH]1[CH][CH][CH][CH]1.[Fe+2]. The predicted octanol–water partition coefficient (Wildman–Crippen LogP) is 5.26. The first-order valence-corrected chi connectivity index (χ1v) is 8.98. The quantitative estimate of drug-likeness (QED) is 0.624. The minimum Gasteiger partial charge on any atom is -0.497 e. The minimum absolute atomic E-state index is 0. The van der Waals surface area contributed by atoms with Crippen LogP contribution in [0.2, 0.25) is 0 Å². The van der Waals surface area contributed by atoms with Crippen LogP contribution in [-0.4, -0.2) is 14.2 Å². The first kappa shape index (κ1) is 22.8. The van der Waals surface area contributed by atoms with Crippen LogP contribution in [0.4, 0.5) is 0 Å². The zero-order valence-corrected chi connectivity index (χ0v) is 17.2. The molecule has 1 unspecified atom stereocenters. The monoisotopic (exact) mass is 412 g/mol. The molecule has 2 aliphatic rings. The molecular weight excluding hydrogens is 388 g/mol. The summed E-state index contributed by atoms with van der Waals surface area (Å²) in [6, 6.07) is 16.5. The second-order valence-corrected chi connectivity index (χ2v) is 6.16. The van der Waals surface area contributed by atoms with Gasteiger partial charge in [-0.1, -0.05) is 24.3 Å². The van der Waals surface area contributed by atoms with Crippen molar-refractivity contribution in [2.24, 2.45) is 0 Å². The molecule has 2 nitrogen and oxygen atoms in total. The molecule has 0 saturated heterocycles. The molecule has 28 heavy (non-hydrogen) atoms. The van der Waals surface area contributed by atoms with Gasteiger partial charge in [0, 0.05) is 5.92 Å². The molecule has 2 fully saturated rings. The van der Waals surface area contributed by atoms with Crippen LogP contribution >= 0.6 is 0 Å². The van der Waals surface area contributed by atoms with E-state index in [2.05, 4.69) is 49.9 Å². The summed E-state index contributed by atoms with van der Waals surface area (Å²) in [7, 11) is 3.38. The summed E-state index contributed by atoms with van der Waals surface area (Å²) in [5, 5.41) is 0. The largest absolute Gasteiger partial charge is 2.00 e. The molecular formula is C25H24FeO2+2. The van der Waals surface area contributed by atoms with Crippen molar-refractivity contribution in [2.45, 2.75) is 5.92 Å². The maximum absolute atomic E-state index is 5.37. The molecule has 2 saturated carbocycles. The Hall–Kier alpha value is -1.44. The summed E-state index contributed by atoms with van der Waals surface area (Å²) >= 11 is 0. The first-order chi connectivity index (χ1) is 13.3. The van der Waals surface area contributed by atoms with Gasteiger partial charge in [-0.2, -0.15) is 0 Å². The van der Waals surface area contributed by atoms with Gasteiger partial charge in [0.2, 0.25) is 0 Å². The normalized spacial score (nSPS) is 17.2. The van der Waals surface area contributed by atoms with E-state index in [1.165, 1.54) is 17.0 Å². The molecule has 0 amide bonds. The van der Waals surface area contributed by atoms with E-state index in [0.717, 1.165) is 11.5 Å². The molecule has 2 aromatic carbocycles. The summed E-state index contributed by atoms with van der Waals surface area (Å²) in [5.74, 6) is 3.22. The molecule has 10 radical (unpaired) electrons. The van der Waals surface area contributed by atoms with E-state index in [0.29, 0.717) is 0 Å². The van der Waals surface area contributed by atoms with Gasteiger partial charge in [-0.05, 0) is 99.1 Å². The number of rotatable bonds is 5.